The van der Waals surface area contributed by atoms with Crippen molar-refractivity contribution >= 4 is 27.6 Å². The summed E-state index contributed by atoms with van der Waals surface area (Å²) in [7, 11) is -4.27. The first kappa shape index (κ1) is 17.0. The van der Waals surface area contributed by atoms with Crippen LogP contribution in [0.15, 0.2) is 23.1 Å². The predicted octanol–water partition coefficient (Wildman–Crippen LogP) is 2.60. The molecule has 1 aromatic carbocycles. The van der Waals surface area contributed by atoms with Crippen molar-refractivity contribution in [3.63, 3.8) is 0 Å². The van der Waals surface area contributed by atoms with Gasteiger partial charge in [0, 0.05) is 6.54 Å². The van der Waals surface area contributed by atoms with Crippen LogP contribution in [-0.2, 0) is 21.0 Å². The highest BCUT2D eigenvalue weighted by atomic mass is 35.5. The standard InChI is InChI=1S/C12H11ClF3NO4S/c13-8-6-7(12(14,15)16)3-4-10(8)22(20,21)17-5-1-2-9(17)11(18)19/h3-4,6,9H,1-2,5H2,(H,18,19)/t9-/m0/s1. The molecule has 2 rings (SSSR count). The van der Waals surface area contributed by atoms with E-state index in [1.807, 2.05) is 0 Å². The number of rotatable bonds is 3. The molecule has 1 aromatic rings. The van der Waals surface area contributed by atoms with Crippen molar-refractivity contribution in [3.8, 4) is 0 Å². The maximum absolute atomic E-state index is 12.6. The molecule has 0 saturated carbocycles. The molecule has 0 aromatic heterocycles. The van der Waals surface area contributed by atoms with E-state index in [0.717, 1.165) is 10.4 Å². The van der Waals surface area contributed by atoms with Crippen LogP contribution in [0.25, 0.3) is 0 Å². The van der Waals surface area contributed by atoms with Crippen LogP contribution in [-0.4, -0.2) is 36.4 Å². The van der Waals surface area contributed by atoms with Crippen molar-refractivity contribution in [2.45, 2.75) is 30.0 Å². The molecule has 1 fully saturated rings. The van der Waals surface area contributed by atoms with Gasteiger partial charge in [-0.15, -0.1) is 0 Å². The van der Waals surface area contributed by atoms with E-state index < -0.39 is 43.7 Å². The van der Waals surface area contributed by atoms with Gasteiger partial charge < -0.3 is 5.11 Å². The molecule has 1 heterocycles. The lowest BCUT2D eigenvalue weighted by molar-refractivity contribution is -0.140. The molecule has 10 heteroatoms. The largest absolute Gasteiger partial charge is 0.480 e. The Labute approximate surface area is 129 Å². The number of sulfonamides is 1. The van der Waals surface area contributed by atoms with E-state index in [1.54, 1.807) is 0 Å². The fourth-order valence-electron chi connectivity index (χ4n) is 2.29. The van der Waals surface area contributed by atoms with E-state index in [-0.39, 0.29) is 13.0 Å². The van der Waals surface area contributed by atoms with Crippen molar-refractivity contribution in [3.05, 3.63) is 28.8 Å². The summed E-state index contributed by atoms with van der Waals surface area (Å²) in [4.78, 5) is 10.5. The Morgan fingerprint density at radius 1 is 1.36 bits per heavy atom. The van der Waals surface area contributed by atoms with E-state index in [2.05, 4.69) is 0 Å². The van der Waals surface area contributed by atoms with Crippen LogP contribution in [0, 0.1) is 0 Å². The van der Waals surface area contributed by atoms with Gasteiger partial charge in [0.15, 0.2) is 0 Å². The molecule has 0 bridgehead atoms. The molecule has 0 spiro atoms. The smallest absolute Gasteiger partial charge is 0.416 e. The van der Waals surface area contributed by atoms with Crippen LogP contribution >= 0.6 is 11.6 Å². The normalized spacial score (nSPS) is 20.3. The Bertz CT molecular complexity index is 705. The van der Waals surface area contributed by atoms with Gasteiger partial charge in [-0.1, -0.05) is 11.6 Å². The minimum Gasteiger partial charge on any atom is -0.480 e. The first-order valence-corrected chi connectivity index (χ1v) is 7.98. The number of halogens is 4. The highest BCUT2D eigenvalue weighted by Crippen LogP contribution is 2.35. The molecule has 1 N–H and O–H groups in total. The fraction of sp³-hybridized carbons (Fsp3) is 0.417. The molecule has 22 heavy (non-hydrogen) atoms. The van der Waals surface area contributed by atoms with Gasteiger partial charge in [0.25, 0.3) is 0 Å². The third-order valence-electron chi connectivity index (χ3n) is 3.33. The Kier molecular flexibility index (Phi) is 4.42. The van der Waals surface area contributed by atoms with Crippen LogP contribution in [0.4, 0.5) is 13.2 Å². The van der Waals surface area contributed by atoms with Crippen molar-refractivity contribution in [2.24, 2.45) is 0 Å². The number of carboxylic acid groups (broad SMARTS) is 1. The molecule has 1 saturated heterocycles. The van der Waals surface area contributed by atoms with Crippen molar-refractivity contribution < 1.29 is 31.5 Å². The molecule has 0 aliphatic carbocycles. The van der Waals surface area contributed by atoms with Crippen LogP contribution in [0.2, 0.25) is 5.02 Å². The van der Waals surface area contributed by atoms with Crippen LogP contribution < -0.4 is 0 Å². The lowest BCUT2D eigenvalue weighted by Crippen LogP contribution is -2.40. The number of carbonyl (C=O) groups is 1. The molecule has 1 aliphatic heterocycles. The molecular weight excluding hydrogens is 347 g/mol. The molecular formula is C12H11ClF3NO4S. The number of carboxylic acids is 1. The highest BCUT2D eigenvalue weighted by Gasteiger charge is 2.41. The summed E-state index contributed by atoms with van der Waals surface area (Å²) in [5.41, 5.74) is -1.08. The monoisotopic (exact) mass is 357 g/mol. The number of nitrogens with zero attached hydrogens (tertiary/aromatic N) is 1. The van der Waals surface area contributed by atoms with Gasteiger partial charge in [-0.2, -0.15) is 17.5 Å². The molecule has 1 atom stereocenters. The van der Waals surface area contributed by atoms with E-state index >= 15 is 0 Å². The van der Waals surface area contributed by atoms with Gasteiger partial charge in [-0.3, -0.25) is 4.79 Å². The molecule has 0 amide bonds. The molecule has 0 unspecified atom stereocenters. The van der Waals surface area contributed by atoms with Crippen LogP contribution in [0.5, 0.6) is 0 Å². The van der Waals surface area contributed by atoms with Crippen molar-refractivity contribution in [1.29, 1.82) is 0 Å². The lowest BCUT2D eigenvalue weighted by atomic mass is 10.2. The van der Waals surface area contributed by atoms with E-state index in [1.165, 1.54) is 0 Å². The maximum atomic E-state index is 12.6. The van der Waals surface area contributed by atoms with Crippen molar-refractivity contribution in [1.82, 2.24) is 4.31 Å². The van der Waals surface area contributed by atoms with Gasteiger partial charge in [-0.05, 0) is 31.0 Å². The summed E-state index contributed by atoms with van der Waals surface area (Å²) in [6.07, 6.45) is -4.15. The average molecular weight is 358 g/mol. The Hall–Kier alpha value is -1.32. The molecule has 1 aliphatic rings. The number of benzene rings is 1. The SMILES string of the molecule is O=C(O)[C@@H]1CCCN1S(=O)(=O)c1ccc(C(F)(F)F)cc1Cl. The molecule has 0 radical (unpaired) electrons. The summed E-state index contributed by atoms with van der Waals surface area (Å²) < 4.78 is 63.3. The van der Waals surface area contributed by atoms with Crippen LogP contribution in [0.3, 0.4) is 0 Å². The quantitative estimate of drug-likeness (QED) is 0.902. The first-order valence-electron chi connectivity index (χ1n) is 6.16. The Morgan fingerprint density at radius 3 is 2.50 bits per heavy atom. The number of hydrogen-bond acceptors (Lipinski definition) is 3. The van der Waals surface area contributed by atoms with Gasteiger partial charge in [-0.25, -0.2) is 8.42 Å². The van der Waals surface area contributed by atoms with Crippen molar-refractivity contribution in [2.75, 3.05) is 6.54 Å². The summed E-state index contributed by atoms with van der Waals surface area (Å²) in [5, 5.41) is 8.43. The van der Waals surface area contributed by atoms with E-state index in [0.29, 0.717) is 18.6 Å². The number of hydrogen-bond donors (Lipinski definition) is 1. The second-order valence-electron chi connectivity index (χ2n) is 4.75. The van der Waals surface area contributed by atoms with Crippen LogP contribution in [0.1, 0.15) is 18.4 Å². The second kappa shape index (κ2) is 5.71. The fourth-order valence-corrected chi connectivity index (χ4v) is 4.46. The minimum atomic E-state index is -4.65. The second-order valence-corrected chi connectivity index (χ2v) is 7.02. The van der Waals surface area contributed by atoms with Gasteiger partial charge in [0.05, 0.1) is 10.6 Å². The minimum absolute atomic E-state index is 0.0172. The predicted molar refractivity (Wildman–Crippen MR) is 71.0 cm³/mol. The topological polar surface area (TPSA) is 74.7 Å². The zero-order valence-electron chi connectivity index (χ0n) is 11.0. The lowest BCUT2D eigenvalue weighted by Gasteiger charge is -2.21. The molecule has 122 valence electrons. The first-order chi connectivity index (χ1) is 10.0. The van der Waals surface area contributed by atoms with Gasteiger partial charge in [0.1, 0.15) is 10.9 Å². The van der Waals surface area contributed by atoms with Gasteiger partial charge in [0.2, 0.25) is 10.0 Å². The third kappa shape index (κ3) is 3.06. The Balaban J connectivity index is 2.44. The maximum Gasteiger partial charge on any atom is 0.416 e. The zero-order valence-corrected chi connectivity index (χ0v) is 12.5. The summed E-state index contributed by atoms with van der Waals surface area (Å²) in [6, 6.07) is 0.631. The zero-order chi connectivity index (χ0) is 16.7. The number of aliphatic carboxylic acids is 1. The third-order valence-corrected chi connectivity index (χ3v) is 5.73. The highest BCUT2D eigenvalue weighted by molar-refractivity contribution is 7.89. The average Bonchev–Trinajstić information content (AvgIpc) is 2.87. The summed E-state index contributed by atoms with van der Waals surface area (Å²) >= 11 is 5.67. The van der Waals surface area contributed by atoms with Gasteiger partial charge >= 0.3 is 12.1 Å². The van der Waals surface area contributed by atoms with E-state index in [4.69, 9.17) is 16.7 Å². The van der Waals surface area contributed by atoms with E-state index in [9.17, 15) is 26.4 Å². The summed E-state index contributed by atoms with van der Waals surface area (Å²) in [6.45, 7) is -0.0172. The summed E-state index contributed by atoms with van der Waals surface area (Å²) in [5.74, 6) is -1.30. The Morgan fingerprint density at radius 2 is 2.00 bits per heavy atom. The number of alkyl halides is 3. The molecule has 5 nitrogen and oxygen atoms in total.